The van der Waals surface area contributed by atoms with Gasteiger partial charge in [-0.3, -0.25) is 4.79 Å². The molecule has 0 aromatic heterocycles. The van der Waals surface area contributed by atoms with E-state index in [1.807, 2.05) is 0 Å². The van der Waals surface area contributed by atoms with Crippen LogP contribution in [-0.4, -0.2) is 116 Å². The van der Waals surface area contributed by atoms with E-state index < -0.39 is 85.4 Å². The van der Waals surface area contributed by atoms with Gasteiger partial charge in [-0.15, -0.1) is 0 Å². The lowest BCUT2D eigenvalue weighted by atomic mass is 9.33. The van der Waals surface area contributed by atoms with E-state index in [9.17, 15) is 45.3 Å². The van der Waals surface area contributed by atoms with Crippen molar-refractivity contribution in [1.82, 2.24) is 0 Å². The molecule has 5 aliphatic carbocycles. The van der Waals surface area contributed by atoms with Crippen molar-refractivity contribution >= 4 is 11.9 Å². The van der Waals surface area contributed by atoms with E-state index in [-0.39, 0.29) is 27.6 Å². The number of carbonyl (C=O) groups is 2. The molecule has 2 heterocycles. The number of aliphatic hydroxyl groups excluding tert-OH is 6. The van der Waals surface area contributed by atoms with Crippen LogP contribution >= 0.6 is 0 Å². The average molecular weight is 779 g/mol. The van der Waals surface area contributed by atoms with Crippen LogP contribution in [0.3, 0.4) is 0 Å². The fourth-order valence-corrected chi connectivity index (χ4v) is 13.5. The molecule has 55 heavy (non-hydrogen) atoms. The third-order valence-electron chi connectivity index (χ3n) is 16.9. The monoisotopic (exact) mass is 778 g/mol. The number of aliphatic carboxylic acids is 1. The van der Waals surface area contributed by atoms with Gasteiger partial charge in [-0.05, 0) is 109 Å². The number of esters is 1. The van der Waals surface area contributed by atoms with Gasteiger partial charge in [0.25, 0.3) is 0 Å². The lowest BCUT2D eigenvalue weighted by molar-refractivity contribution is -0.360. The summed E-state index contributed by atoms with van der Waals surface area (Å²) in [6.07, 6.45) is -5.28. The molecular formula is C42H66O13. The van der Waals surface area contributed by atoms with E-state index in [1.165, 1.54) is 31.3 Å². The molecule has 0 aromatic carbocycles. The molecule has 17 atom stereocenters. The molecule has 13 heteroatoms. The number of carboxylic acids is 1. The Morgan fingerprint density at radius 1 is 0.782 bits per heavy atom. The maximum atomic E-state index is 15.0. The zero-order valence-corrected chi connectivity index (χ0v) is 33.6. The van der Waals surface area contributed by atoms with Gasteiger partial charge in [-0.25, -0.2) is 4.79 Å². The fraction of sp³-hybridized carbons (Fsp3) is 0.905. The zero-order valence-electron chi connectivity index (χ0n) is 33.6. The number of hydrogen-bond acceptors (Lipinski definition) is 12. The lowest BCUT2D eigenvalue weighted by Crippen LogP contribution is -2.66. The van der Waals surface area contributed by atoms with Crippen molar-refractivity contribution in [3.05, 3.63) is 11.6 Å². The Kier molecular flexibility index (Phi) is 10.5. The van der Waals surface area contributed by atoms with Crippen molar-refractivity contribution in [3.8, 4) is 0 Å². The van der Waals surface area contributed by atoms with Gasteiger partial charge in [0.1, 0.15) is 36.6 Å². The molecule has 0 unspecified atom stereocenters. The molecule has 0 amide bonds. The van der Waals surface area contributed by atoms with E-state index in [0.717, 1.165) is 32.1 Å². The highest BCUT2D eigenvalue weighted by Crippen LogP contribution is 2.76. The van der Waals surface area contributed by atoms with E-state index in [4.69, 9.17) is 18.9 Å². The van der Waals surface area contributed by atoms with Crippen LogP contribution in [0.25, 0.3) is 0 Å². The van der Waals surface area contributed by atoms with E-state index in [2.05, 4.69) is 54.5 Å². The number of aliphatic hydroxyl groups is 6. The predicted molar refractivity (Wildman–Crippen MR) is 197 cm³/mol. The summed E-state index contributed by atoms with van der Waals surface area (Å²) in [7, 11) is 0. The van der Waals surface area contributed by atoms with Gasteiger partial charge in [0.2, 0.25) is 6.29 Å². The molecular weight excluding hydrogens is 712 g/mol. The van der Waals surface area contributed by atoms with Gasteiger partial charge in [0.15, 0.2) is 18.5 Å². The van der Waals surface area contributed by atoms with Crippen LogP contribution in [0.1, 0.15) is 119 Å². The third-order valence-corrected chi connectivity index (χ3v) is 16.9. The summed E-state index contributed by atoms with van der Waals surface area (Å²) in [5, 5.41) is 73.1. The summed E-state index contributed by atoms with van der Waals surface area (Å²) in [4.78, 5) is 27.2. The summed E-state index contributed by atoms with van der Waals surface area (Å²) >= 11 is 0. The Morgan fingerprint density at radius 2 is 1.47 bits per heavy atom. The second-order valence-corrected chi connectivity index (χ2v) is 20.7. The molecule has 2 aliphatic heterocycles. The molecule has 2 saturated heterocycles. The lowest BCUT2D eigenvalue weighted by Gasteiger charge is -2.71. The standard InChI is InChI=1S/C42H66O13/c1-37(2)15-17-42(18-16-40(6)21(22(42)19-37)9-10-25-39(5)13-8-12-38(3,4)24(39)11-14-41(25,40)7)36(51)55-35-32(29(47)28(46)31(53-35)33(49)50)54-34-30(48)27(45)26(44)23(20-43)52-34/h9,22-32,34-35,43-48H,8,10-20H2,1-7H3,(H,49,50)/t22-,23+,24-,25+,26+,27-,28-,29-,30+,31-,32+,34-,35-,39-,40+,41+,42-/m0/s1. The molecule has 7 aliphatic rings. The zero-order chi connectivity index (χ0) is 40.3. The van der Waals surface area contributed by atoms with Gasteiger partial charge < -0.3 is 54.7 Å². The van der Waals surface area contributed by atoms with Crippen molar-refractivity contribution in [2.75, 3.05) is 6.61 Å². The minimum Gasteiger partial charge on any atom is -0.479 e. The Morgan fingerprint density at radius 3 is 2.15 bits per heavy atom. The number of carbonyl (C=O) groups excluding carboxylic acids is 1. The number of ether oxygens (including phenoxy) is 4. The van der Waals surface area contributed by atoms with Crippen LogP contribution in [-0.2, 0) is 28.5 Å². The first kappa shape index (κ1) is 41.5. The van der Waals surface area contributed by atoms with Gasteiger partial charge in [-0.2, -0.15) is 0 Å². The van der Waals surface area contributed by atoms with Crippen LogP contribution in [0.4, 0.5) is 0 Å². The summed E-state index contributed by atoms with van der Waals surface area (Å²) in [5.41, 5.74) is 0.669. The Bertz CT molecular complexity index is 1530. The summed E-state index contributed by atoms with van der Waals surface area (Å²) in [5.74, 6) is -1.18. The molecule has 4 saturated carbocycles. The van der Waals surface area contributed by atoms with Gasteiger partial charge >= 0.3 is 11.9 Å². The van der Waals surface area contributed by atoms with Crippen LogP contribution in [0.2, 0.25) is 0 Å². The Hall–Kier alpha value is -1.68. The number of fused-ring (bicyclic) bond motifs is 7. The number of hydrogen-bond donors (Lipinski definition) is 7. The predicted octanol–water partition coefficient (Wildman–Crippen LogP) is 3.44. The molecule has 0 bridgehead atoms. The minimum atomic E-state index is -2.02. The second-order valence-electron chi connectivity index (χ2n) is 20.7. The number of rotatable bonds is 6. The maximum absolute atomic E-state index is 15.0. The van der Waals surface area contributed by atoms with Crippen molar-refractivity contribution in [2.24, 2.45) is 50.2 Å². The highest BCUT2D eigenvalue weighted by Gasteiger charge is 2.69. The van der Waals surface area contributed by atoms with Gasteiger partial charge in [0, 0.05) is 0 Å². The SMILES string of the molecule is CC1(C)CC[C@]2(C(=O)O[C@@H]3O[C@H](C(=O)O)[C@@H](O)[C@H](O)[C@H]3O[C@@H]3O[C@H](CO)[C@@H](O)[C@H](O)[C@H]3O)CC[C@]3(C)C(=CC[C@@H]4[C@@]5(C)CCCC(C)(C)[C@@H]5CC[C@]43C)[C@@H]2C1. The molecule has 6 fully saturated rings. The van der Waals surface area contributed by atoms with Crippen LogP contribution in [0.15, 0.2) is 11.6 Å². The van der Waals surface area contributed by atoms with E-state index >= 15 is 0 Å². The molecule has 0 radical (unpaired) electrons. The van der Waals surface area contributed by atoms with Crippen molar-refractivity contribution < 1.29 is 64.3 Å². The fourth-order valence-electron chi connectivity index (χ4n) is 13.5. The molecule has 7 rings (SSSR count). The van der Waals surface area contributed by atoms with Gasteiger partial charge in [0.05, 0.1) is 12.0 Å². The minimum absolute atomic E-state index is 0.0270. The number of carboxylic acid groups (broad SMARTS) is 1. The van der Waals surface area contributed by atoms with E-state index in [1.54, 1.807) is 0 Å². The highest BCUT2D eigenvalue weighted by atomic mass is 16.8. The summed E-state index contributed by atoms with van der Waals surface area (Å²) in [6, 6.07) is 0. The smallest absolute Gasteiger partial charge is 0.335 e. The van der Waals surface area contributed by atoms with Crippen LogP contribution in [0, 0.1) is 50.2 Å². The first-order valence-corrected chi connectivity index (χ1v) is 20.7. The largest absolute Gasteiger partial charge is 0.479 e. The van der Waals surface area contributed by atoms with Crippen molar-refractivity contribution in [2.45, 2.75) is 181 Å². The van der Waals surface area contributed by atoms with Crippen molar-refractivity contribution in [3.63, 3.8) is 0 Å². The molecule has 0 aromatic rings. The molecule has 13 nitrogen and oxygen atoms in total. The molecule has 7 N–H and O–H groups in total. The van der Waals surface area contributed by atoms with Crippen LogP contribution in [0.5, 0.6) is 0 Å². The first-order chi connectivity index (χ1) is 25.6. The van der Waals surface area contributed by atoms with Gasteiger partial charge in [-0.1, -0.05) is 66.5 Å². The second kappa shape index (κ2) is 14.0. The van der Waals surface area contributed by atoms with Crippen LogP contribution < -0.4 is 0 Å². The number of allylic oxidation sites excluding steroid dienone is 2. The summed E-state index contributed by atoms with van der Waals surface area (Å²) < 4.78 is 23.2. The first-order valence-electron chi connectivity index (χ1n) is 20.7. The highest BCUT2D eigenvalue weighted by molar-refractivity contribution is 5.79. The Balaban J connectivity index is 1.21. The normalized spacial score (nSPS) is 51.7. The maximum Gasteiger partial charge on any atom is 0.335 e. The topological polar surface area (TPSA) is 213 Å². The van der Waals surface area contributed by atoms with E-state index in [0.29, 0.717) is 30.1 Å². The molecule has 312 valence electrons. The van der Waals surface area contributed by atoms with Crippen molar-refractivity contribution in [1.29, 1.82) is 0 Å². The molecule has 0 spiro atoms. The quantitative estimate of drug-likeness (QED) is 0.152. The third kappa shape index (κ3) is 6.27. The Labute approximate surface area is 324 Å². The average Bonchev–Trinajstić information content (AvgIpc) is 3.10. The summed E-state index contributed by atoms with van der Waals surface area (Å²) in [6.45, 7) is 16.2.